The fourth-order valence-electron chi connectivity index (χ4n) is 0.489. The fourth-order valence-corrected chi connectivity index (χ4v) is 1.47. The van der Waals surface area contributed by atoms with Crippen molar-refractivity contribution < 1.29 is 17.7 Å². The smallest absolute Gasteiger partial charge is 0.429 e. The summed E-state index contributed by atoms with van der Waals surface area (Å²) < 4.78 is 19.7. The average Bonchev–Trinajstić information content (AvgIpc) is 2.08. The summed E-state index contributed by atoms with van der Waals surface area (Å²) in [6.45, 7) is 1.65. The minimum absolute atomic E-state index is 1.45. The number of hydrogen-bond donors (Lipinski definition) is 0. The Bertz CT molecular complexity index is 147. The Balaban J connectivity index is 4.12. The lowest BCUT2D eigenvalue weighted by molar-refractivity contribution is 0.0409. The normalized spacial score (nSPS) is 10.2. The van der Waals surface area contributed by atoms with Gasteiger partial charge in [0, 0.05) is 28.3 Å². The molecule has 0 spiro atoms. The highest BCUT2D eigenvalue weighted by atomic mass is 28.4. The van der Waals surface area contributed by atoms with Crippen molar-refractivity contribution in [2.24, 2.45) is 0 Å². The topological polar surface area (TPSA) is 36.9 Å². The molecule has 0 amide bonds. The van der Waals surface area contributed by atoms with E-state index in [0.29, 0.717) is 0 Å². The van der Waals surface area contributed by atoms with Gasteiger partial charge in [0.1, 0.15) is 0 Å². The standard InChI is InChI=1S/C6H12O4Si/c1-5-6-10-11(7-2,8-3)9-4/h1-4H3. The van der Waals surface area contributed by atoms with E-state index in [1.807, 2.05) is 0 Å². The van der Waals surface area contributed by atoms with Crippen LogP contribution in [0.25, 0.3) is 0 Å². The molecule has 0 bridgehead atoms. The van der Waals surface area contributed by atoms with E-state index in [9.17, 15) is 0 Å². The zero-order chi connectivity index (χ0) is 8.74. The Hall–Kier alpha value is -0.543. The minimum atomic E-state index is -2.91. The molecular weight excluding hydrogens is 164 g/mol. The molecule has 0 aliphatic heterocycles. The molecule has 0 rings (SSSR count). The molecular formula is C6H12O4Si. The molecule has 0 aliphatic rings. The van der Waals surface area contributed by atoms with E-state index in [0.717, 1.165) is 0 Å². The van der Waals surface area contributed by atoms with E-state index in [4.69, 9.17) is 17.7 Å². The first-order valence-electron chi connectivity index (χ1n) is 3.00. The maximum atomic E-state index is 4.94. The third-order valence-corrected chi connectivity index (χ3v) is 2.88. The highest BCUT2D eigenvalue weighted by Crippen LogP contribution is 2.05. The van der Waals surface area contributed by atoms with Crippen LogP contribution in [0.5, 0.6) is 0 Å². The molecule has 0 N–H and O–H groups in total. The fraction of sp³-hybridized carbons (Fsp3) is 0.667. The van der Waals surface area contributed by atoms with Gasteiger partial charge in [0.15, 0.2) is 0 Å². The molecule has 0 fully saturated rings. The van der Waals surface area contributed by atoms with Crippen LogP contribution in [0, 0.1) is 12.0 Å². The van der Waals surface area contributed by atoms with Crippen LogP contribution in [0.4, 0.5) is 0 Å². The van der Waals surface area contributed by atoms with Crippen molar-refractivity contribution in [3.05, 3.63) is 0 Å². The van der Waals surface area contributed by atoms with Gasteiger partial charge >= 0.3 is 9.05 Å². The minimum Gasteiger partial charge on any atom is -0.429 e. The van der Waals surface area contributed by atoms with Crippen molar-refractivity contribution in [1.82, 2.24) is 0 Å². The van der Waals surface area contributed by atoms with E-state index < -0.39 is 9.05 Å². The molecule has 0 aromatic rings. The summed E-state index contributed by atoms with van der Waals surface area (Å²) in [5.74, 6) is 2.55. The molecule has 5 heteroatoms. The van der Waals surface area contributed by atoms with E-state index in [1.165, 1.54) is 21.3 Å². The molecule has 0 heterocycles. The average molecular weight is 176 g/mol. The van der Waals surface area contributed by atoms with Gasteiger partial charge in [-0.1, -0.05) is 5.92 Å². The molecule has 4 nitrogen and oxygen atoms in total. The van der Waals surface area contributed by atoms with Crippen LogP contribution < -0.4 is 0 Å². The molecule has 0 aromatic heterocycles. The zero-order valence-electron chi connectivity index (χ0n) is 7.13. The van der Waals surface area contributed by atoms with Gasteiger partial charge in [-0.15, -0.1) is 0 Å². The number of hydrogen-bond acceptors (Lipinski definition) is 4. The number of rotatable bonds is 4. The summed E-state index contributed by atoms with van der Waals surface area (Å²) in [6.07, 6.45) is 2.38. The third-order valence-electron chi connectivity index (χ3n) is 1.03. The Morgan fingerprint density at radius 2 is 1.45 bits per heavy atom. The van der Waals surface area contributed by atoms with Crippen molar-refractivity contribution >= 4 is 9.05 Å². The van der Waals surface area contributed by atoms with Crippen LogP contribution in [-0.2, 0) is 17.7 Å². The predicted molar refractivity (Wildman–Crippen MR) is 41.3 cm³/mol. The molecule has 0 saturated carbocycles. The molecule has 11 heavy (non-hydrogen) atoms. The van der Waals surface area contributed by atoms with Gasteiger partial charge < -0.3 is 17.7 Å². The molecule has 0 unspecified atom stereocenters. The van der Waals surface area contributed by atoms with Crippen LogP contribution in [0.2, 0.25) is 0 Å². The van der Waals surface area contributed by atoms with Crippen molar-refractivity contribution in [3.63, 3.8) is 0 Å². The van der Waals surface area contributed by atoms with E-state index in [1.54, 1.807) is 6.92 Å². The summed E-state index contributed by atoms with van der Waals surface area (Å²) in [6, 6.07) is 0. The second-order valence-corrected chi connectivity index (χ2v) is 4.00. The summed E-state index contributed by atoms with van der Waals surface area (Å²) in [4.78, 5) is 0. The molecule has 64 valence electrons. The molecule has 0 atom stereocenters. The molecule has 0 radical (unpaired) electrons. The van der Waals surface area contributed by atoms with Crippen molar-refractivity contribution in [2.75, 3.05) is 21.3 Å². The van der Waals surface area contributed by atoms with Gasteiger partial charge in [0.2, 0.25) is 0 Å². The maximum Gasteiger partial charge on any atom is 0.757 e. The summed E-state index contributed by atoms with van der Waals surface area (Å²) in [5, 5.41) is 0. The SMILES string of the molecule is CC#CO[Si](OC)(OC)OC. The Morgan fingerprint density at radius 3 is 1.73 bits per heavy atom. The highest BCUT2D eigenvalue weighted by molar-refractivity contribution is 6.53. The van der Waals surface area contributed by atoms with Gasteiger partial charge in [-0.2, -0.15) is 0 Å². The summed E-state index contributed by atoms with van der Waals surface area (Å²) >= 11 is 0. The second kappa shape index (κ2) is 5.15. The van der Waals surface area contributed by atoms with E-state index in [-0.39, 0.29) is 0 Å². The van der Waals surface area contributed by atoms with Gasteiger partial charge in [-0.25, -0.2) is 0 Å². The second-order valence-electron chi connectivity index (χ2n) is 1.57. The first-order chi connectivity index (χ1) is 5.24. The van der Waals surface area contributed by atoms with Gasteiger partial charge in [-0.3, -0.25) is 0 Å². The van der Waals surface area contributed by atoms with Crippen molar-refractivity contribution in [3.8, 4) is 12.0 Å². The first kappa shape index (κ1) is 10.5. The van der Waals surface area contributed by atoms with Crippen LogP contribution in [0.15, 0.2) is 0 Å². The highest BCUT2D eigenvalue weighted by Gasteiger charge is 2.44. The Kier molecular flexibility index (Phi) is 4.90. The van der Waals surface area contributed by atoms with Crippen molar-refractivity contribution in [1.29, 1.82) is 0 Å². The van der Waals surface area contributed by atoms with Gasteiger partial charge in [0.05, 0.1) is 6.11 Å². The van der Waals surface area contributed by atoms with Gasteiger partial charge in [0.25, 0.3) is 0 Å². The van der Waals surface area contributed by atoms with Crippen LogP contribution in [0.3, 0.4) is 0 Å². The molecule has 0 saturated heterocycles. The van der Waals surface area contributed by atoms with E-state index >= 15 is 0 Å². The van der Waals surface area contributed by atoms with E-state index in [2.05, 4.69) is 12.0 Å². The van der Waals surface area contributed by atoms with Crippen LogP contribution >= 0.6 is 0 Å². The Labute approximate surface area is 67.9 Å². The van der Waals surface area contributed by atoms with Crippen molar-refractivity contribution in [2.45, 2.75) is 6.92 Å². The maximum absolute atomic E-state index is 4.94. The molecule has 0 aromatic carbocycles. The first-order valence-corrected chi connectivity index (χ1v) is 4.63. The largest absolute Gasteiger partial charge is 0.757 e. The monoisotopic (exact) mass is 176 g/mol. The zero-order valence-corrected chi connectivity index (χ0v) is 8.13. The van der Waals surface area contributed by atoms with Crippen LogP contribution in [0.1, 0.15) is 6.92 Å². The predicted octanol–water partition coefficient (Wildman–Crippen LogP) is 0.359. The lowest BCUT2D eigenvalue weighted by Crippen LogP contribution is -2.45. The van der Waals surface area contributed by atoms with Gasteiger partial charge in [-0.05, 0) is 0 Å². The van der Waals surface area contributed by atoms with Crippen LogP contribution in [-0.4, -0.2) is 30.4 Å². The third kappa shape index (κ3) is 2.90. The lowest BCUT2D eigenvalue weighted by Gasteiger charge is -2.18. The lowest BCUT2D eigenvalue weighted by atomic mass is 10.8. The summed E-state index contributed by atoms with van der Waals surface area (Å²) in [5.41, 5.74) is 0. The quantitative estimate of drug-likeness (QED) is 0.458. The Morgan fingerprint density at radius 1 is 1.00 bits per heavy atom. The molecule has 0 aliphatic carbocycles. The summed E-state index contributed by atoms with van der Waals surface area (Å²) in [7, 11) is 1.45.